The molecule has 8 heteroatoms. The van der Waals surface area contributed by atoms with Crippen LogP contribution in [0.25, 0.3) is 5.52 Å². The number of piperazine rings is 1. The van der Waals surface area contributed by atoms with Crippen LogP contribution in [0.1, 0.15) is 17.5 Å². The molecule has 8 nitrogen and oxygen atoms in total. The van der Waals surface area contributed by atoms with Crippen molar-refractivity contribution < 1.29 is 4.74 Å². The topological polar surface area (TPSA) is 84.0 Å². The molecule has 3 rings (SSSR count). The fourth-order valence-electron chi connectivity index (χ4n) is 3.87. The van der Waals surface area contributed by atoms with Gasteiger partial charge in [-0.2, -0.15) is 5.10 Å². The maximum absolute atomic E-state index is 6.22. The number of nitrogens with two attached hydrogens (primary N) is 1. The van der Waals surface area contributed by atoms with Gasteiger partial charge >= 0.3 is 0 Å². The first-order chi connectivity index (χ1) is 15.2. The molecule has 0 saturated carbocycles. The van der Waals surface area contributed by atoms with Crippen LogP contribution in [-0.4, -0.2) is 77.9 Å². The van der Waals surface area contributed by atoms with Crippen molar-refractivity contribution in [2.24, 2.45) is 0 Å². The summed E-state index contributed by atoms with van der Waals surface area (Å²) in [5, 5.41) is 7.54. The Morgan fingerprint density at radius 1 is 1.32 bits per heavy atom. The van der Waals surface area contributed by atoms with Gasteiger partial charge in [0.2, 0.25) is 0 Å². The zero-order valence-corrected chi connectivity index (χ0v) is 18.5. The Hall–Kier alpha value is -2.86. The predicted molar refractivity (Wildman–Crippen MR) is 124 cm³/mol. The van der Waals surface area contributed by atoms with Crippen LogP contribution >= 0.6 is 0 Å². The second kappa shape index (κ2) is 11.5. The average molecular weight is 424 g/mol. The molecule has 0 atom stereocenters. The third kappa shape index (κ3) is 6.07. The van der Waals surface area contributed by atoms with Gasteiger partial charge in [0.05, 0.1) is 6.61 Å². The van der Waals surface area contributed by atoms with Crippen molar-refractivity contribution in [1.82, 2.24) is 29.7 Å². The summed E-state index contributed by atoms with van der Waals surface area (Å²) in [7, 11) is 3.65. The maximum Gasteiger partial charge on any atom is 0.151 e. The molecule has 31 heavy (non-hydrogen) atoms. The van der Waals surface area contributed by atoms with Crippen molar-refractivity contribution in [2.45, 2.75) is 19.4 Å². The zero-order valence-electron chi connectivity index (χ0n) is 18.5. The summed E-state index contributed by atoms with van der Waals surface area (Å²) in [4.78, 5) is 9.15. The molecule has 3 N–H and O–H groups in total. The number of likely N-dealkylation sites (N-methyl/N-ethyl adjacent to an activating group) is 1. The lowest BCUT2D eigenvalue weighted by Gasteiger charge is -2.34. The fourth-order valence-corrected chi connectivity index (χ4v) is 3.87. The summed E-state index contributed by atoms with van der Waals surface area (Å²) in [5.41, 5.74) is 10.5. The van der Waals surface area contributed by atoms with Crippen molar-refractivity contribution in [1.29, 1.82) is 0 Å². The molecule has 1 aliphatic heterocycles. The van der Waals surface area contributed by atoms with Crippen molar-refractivity contribution in [2.75, 3.05) is 59.2 Å². The second-order valence-electron chi connectivity index (χ2n) is 7.61. The number of hydrogen-bond acceptors (Lipinski definition) is 7. The van der Waals surface area contributed by atoms with Gasteiger partial charge in [-0.25, -0.2) is 9.50 Å². The number of fused-ring (bicyclic) bond motifs is 1. The van der Waals surface area contributed by atoms with Gasteiger partial charge in [-0.05, 0) is 29.7 Å². The number of nitrogens with zero attached hydrogens (tertiary/aromatic N) is 5. The minimum absolute atomic E-state index is 0.505. The zero-order chi connectivity index (χ0) is 22.1. The van der Waals surface area contributed by atoms with Gasteiger partial charge in [0, 0.05) is 71.7 Å². The van der Waals surface area contributed by atoms with Crippen LogP contribution in [0.4, 0.5) is 5.82 Å². The summed E-state index contributed by atoms with van der Waals surface area (Å²) in [6.45, 7) is 6.82. The van der Waals surface area contributed by atoms with Crippen molar-refractivity contribution in [3.05, 3.63) is 47.6 Å². The average Bonchev–Trinajstić information content (AvgIpc) is 3.13. The van der Waals surface area contributed by atoms with Crippen LogP contribution in [-0.2, 0) is 17.7 Å². The molecule has 0 aliphatic carbocycles. The smallest absolute Gasteiger partial charge is 0.151 e. The molecule has 0 amide bonds. The van der Waals surface area contributed by atoms with E-state index < -0.39 is 0 Å². The molecule has 0 spiro atoms. The summed E-state index contributed by atoms with van der Waals surface area (Å²) in [6, 6.07) is 0. The van der Waals surface area contributed by atoms with E-state index in [4.69, 9.17) is 16.9 Å². The highest BCUT2D eigenvalue weighted by Crippen LogP contribution is 2.24. The van der Waals surface area contributed by atoms with E-state index in [9.17, 15) is 0 Å². The summed E-state index contributed by atoms with van der Waals surface area (Å²) >= 11 is 0. The van der Waals surface area contributed by atoms with Crippen LogP contribution in [0, 0.1) is 12.3 Å². The number of methoxy groups -OCH3 is 1. The normalized spacial score (nSPS) is 16.2. The molecule has 0 unspecified atom stereocenters. The number of allylic oxidation sites excluding steroid dienone is 3. The van der Waals surface area contributed by atoms with E-state index in [-0.39, 0.29) is 0 Å². The van der Waals surface area contributed by atoms with Gasteiger partial charge < -0.3 is 15.8 Å². The van der Waals surface area contributed by atoms with Gasteiger partial charge in [-0.15, -0.1) is 12.3 Å². The molecular formula is C23H33N7O. The molecule has 0 bridgehead atoms. The summed E-state index contributed by atoms with van der Waals surface area (Å²) in [5.74, 6) is 3.14. The lowest BCUT2D eigenvalue weighted by molar-refractivity contribution is 0.0937. The summed E-state index contributed by atoms with van der Waals surface area (Å²) < 4.78 is 7.05. The fraction of sp³-hybridized carbons (Fsp3) is 0.478. The number of nitrogens with one attached hydrogen (secondary N) is 1. The van der Waals surface area contributed by atoms with E-state index in [2.05, 4.69) is 49.5 Å². The van der Waals surface area contributed by atoms with E-state index in [1.165, 1.54) is 17.5 Å². The first kappa shape index (κ1) is 22.8. The third-order valence-corrected chi connectivity index (χ3v) is 5.61. The lowest BCUT2D eigenvalue weighted by atomic mass is 10.1. The van der Waals surface area contributed by atoms with Crippen LogP contribution in [0.5, 0.6) is 0 Å². The minimum Gasteiger partial charge on any atom is -0.388 e. The molecule has 2 aromatic heterocycles. The number of rotatable bonds is 10. The van der Waals surface area contributed by atoms with Gasteiger partial charge in [-0.1, -0.05) is 6.08 Å². The molecule has 2 aromatic rings. The quantitative estimate of drug-likeness (QED) is 0.440. The Balaban J connectivity index is 1.76. The number of nitrogen functional groups attached to an aromatic ring is 1. The van der Waals surface area contributed by atoms with Crippen LogP contribution < -0.4 is 11.1 Å². The molecule has 0 radical (unpaired) electrons. The molecule has 1 fully saturated rings. The van der Waals surface area contributed by atoms with Crippen LogP contribution in [0.3, 0.4) is 0 Å². The van der Waals surface area contributed by atoms with E-state index in [1.54, 1.807) is 7.11 Å². The second-order valence-corrected chi connectivity index (χ2v) is 7.61. The third-order valence-electron chi connectivity index (χ3n) is 5.61. The standard InChI is InChI=1S/C23H33N7O/c1-4-5-7-20(25-2)8-6-9-21-19(17-30-22(21)23(24)26-18-27-30)16-29-12-10-28(11-13-29)14-15-31-3/h1,6-8,17-18,25H,5,9-16H2,2-3H3,(H2,24,26,27)/b8-6-,20-7+. The minimum atomic E-state index is 0.505. The largest absolute Gasteiger partial charge is 0.388 e. The lowest BCUT2D eigenvalue weighted by Crippen LogP contribution is -2.46. The first-order valence-electron chi connectivity index (χ1n) is 10.7. The highest BCUT2D eigenvalue weighted by Gasteiger charge is 2.20. The van der Waals surface area contributed by atoms with E-state index in [0.717, 1.165) is 63.5 Å². The molecule has 166 valence electrons. The van der Waals surface area contributed by atoms with Crippen LogP contribution in [0.15, 0.2) is 36.4 Å². The Kier molecular flexibility index (Phi) is 8.47. The van der Waals surface area contributed by atoms with E-state index in [1.807, 2.05) is 17.6 Å². The molecular weight excluding hydrogens is 390 g/mol. The van der Waals surface area contributed by atoms with Crippen molar-refractivity contribution in [3.8, 4) is 12.3 Å². The maximum atomic E-state index is 6.22. The number of aromatic nitrogens is 3. The summed E-state index contributed by atoms with van der Waals surface area (Å²) in [6.07, 6.45) is 16.5. The van der Waals surface area contributed by atoms with Gasteiger partial charge in [0.25, 0.3) is 0 Å². The van der Waals surface area contributed by atoms with Gasteiger partial charge in [0.15, 0.2) is 5.82 Å². The monoisotopic (exact) mass is 423 g/mol. The number of anilines is 1. The number of terminal acetylenes is 1. The SMILES string of the molecule is C#CC/C=C(\C=C/Cc1c(CN2CCN(CCOC)CC2)cn2ncnc(N)c12)NC. The Bertz CT molecular complexity index is 949. The molecule has 1 saturated heterocycles. The van der Waals surface area contributed by atoms with Gasteiger partial charge in [0.1, 0.15) is 11.8 Å². The van der Waals surface area contributed by atoms with E-state index in [0.29, 0.717) is 12.2 Å². The Morgan fingerprint density at radius 3 is 2.81 bits per heavy atom. The molecule has 1 aliphatic rings. The Labute approximate surface area is 184 Å². The van der Waals surface area contributed by atoms with E-state index >= 15 is 0 Å². The molecule has 0 aromatic carbocycles. The highest BCUT2D eigenvalue weighted by atomic mass is 16.5. The van der Waals surface area contributed by atoms with Crippen LogP contribution in [0.2, 0.25) is 0 Å². The van der Waals surface area contributed by atoms with Crippen molar-refractivity contribution in [3.63, 3.8) is 0 Å². The molecule has 3 heterocycles. The van der Waals surface area contributed by atoms with Gasteiger partial charge in [-0.3, -0.25) is 9.80 Å². The first-order valence-corrected chi connectivity index (χ1v) is 10.7. The van der Waals surface area contributed by atoms with Crippen molar-refractivity contribution >= 4 is 11.3 Å². The highest BCUT2D eigenvalue weighted by molar-refractivity contribution is 5.72. The number of hydrogen-bond donors (Lipinski definition) is 2. The Morgan fingerprint density at radius 2 is 2.10 bits per heavy atom. The number of ether oxygens (including phenoxy) is 1. The predicted octanol–water partition coefficient (Wildman–Crippen LogP) is 1.30.